The minimum atomic E-state index is -0.593. The third kappa shape index (κ3) is 4.85. The summed E-state index contributed by atoms with van der Waals surface area (Å²) in [4.78, 5) is 13.8. The second-order valence-corrected chi connectivity index (χ2v) is 11.9. The van der Waals surface area contributed by atoms with Crippen molar-refractivity contribution in [3.63, 3.8) is 0 Å². The van der Waals surface area contributed by atoms with Gasteiger partial charge in [-0.05, 0) is 73.6 Å². The van der Waals surface area contributed by atoms with Gasteiger partial charge in [0, 0.05) is 17.3 Å². The van der Waals surface area contributed by atoms with Crippen molar-refractivity contribution in [2.45, 2.75) is 44.8 Å². The normalized spacial score (nSPS) is 18.1. The first kappa shape index (κ1) is 25.1. The summed E-state index contributed by atoms with van der Waals surface area (Å²) in [6, 6.07) is 20.3. The number of carbonyl (C=O) groups excluding carboxylic acids is 1. The van der Waals surface area contributed by atoms with E-state index < -0.39 is 24.4 Å². The molecule has 1 N–H and O–H groups in total. The number of fused-ring (bicyclic) bond motifs is 3. The SMILES string of the molecule is CC1(C)OB(C(=Cc2ccc(Cl)s2)CNC(=O)OCC2c3ccccc3-c3ccccc32)OC1(C)C. The van der Waals surface area contributed by atoms with Crippen molar-refractivity contribution in [2.75, 3.05) is 13.2 Å². The van der Waals surface area contributed by atoms with Crippen LogP contribution in [0, 0.1) is 0 Å². The Morgan fingerprint density at radius 3 is 2.14 bits per heavy atom. The maximum Gasteiger partial charge on any atom is 0.492 e. The highest BCUT2D eigenvalue weighted by molar-refractivity contribution is 7.17. The fraction of sp³-hybridized carbons (Fsp3) is 0.321. The number of nitrogens with one attached hydrogen (secondary N) is 1. The number of rotatable bonds is 6. The van der Waals surface area contributed by atoms with E-state index in [1.807, 2.05) is 70.2 Å². The van der Waals surface area contributed by atoms with Gasteiger partial charge in [0.05, 0.1) is 15.5 Å². The summed E-state index contributed by atoms with van der Waals surface area (Å²) in [7, 11) is -0.593. The third-order valence-corrected chi connectivity index (χ3v) is 8.44. The maximum absolute atomic E-state index is 12.8. The van der Waals surface area contributed by atoms with Gasteiger partial charge in [-0.15, -0.1) is 11.3 Å². The van der Waals surface area contributed by atoms with Gasteiger partial charge in [0.1, 0.15) is 6.61 Å². The second kappa shape index (κ2) is 9.71. The molecular formula is C28H29BClNO4S. The molecule has 0 spiro atoms. The van der Waals surface area contributed by atoms with Crippen LogP contribution in [-0.2, 0) is 14.0 Å². The summed E-state index contributed by atoms with van der Waals surface area (Å²) in [5, 5.41) is 2.90. The molecule has 1 amide bonds. The van der Waals surface area contributed by atoms with Crippen LogP contribution in [0.3, 0.4) is 0 Å². The van der Waals surface area contributed by atoms with Crippen molar-refractivity contribution in [3.8, 4) is 11.1 Å². The van der Waals surface area contributed by atoms with Gasteiger partial charge in [0.15, 0.2) is 0 Å². The van der Waals surface area contributed by atoms with Gasteiger partial charge in [0.2, 0.25) is 0 Å². The third-order valence-electron chi connectivity index (χ3n) is 7.26. The maximum atomic E-state index is 12.8. The molecule has 186 valence electrons. The van der Waals surface area contributed by atoms with Gasteiger partial charge in [-0.2, -0.15) is 0 Å². The lowest BCUT2D eigenvalue weighted by Crippen LogP contribution is -2.41. The molecule has 1 fully saturated rings. The molecule has 2 heterocycles. The van der Waals surface area contributed by atoms with E-state index in [1.165, 1.54) is 33.6 Å². The Kier molecular flexibility index (Phi) is 6.77. The van der Waals surface area contributed by atoms with E-state index in [2.05, 4.69) is 29.6 Å². The van der Waals surface area contributed by atoms with Crippen LogP contribution in [0.25, 0.3) is 17.2 Å². The van der Waals surface area contributed by atoms with Gasteiger partial charge in [-0.3, -0.25) is 0 Å². The van der Waals surface area contributed by atoms with Gasteiger partial charge in [0.25, 0.3) is 0 Å². The lowest BCUT2D eigenvalue weighted by molar-refractivity contribution is 0.00578. The molecular weight excluding hydrogens is 493 g/mol. The van der Waals surface area contributed by atoms with Crippen molar-refractivity contribution < 1.29 is 18.8 Å². The lowest BCUT2D eigenvalue weighted by Gasteiger charge is -2.32. The van der Waals surface area contributed by atoms with Gasteiger partial charge in [-0.1, -0.05) is 60.1 Å². The van der Waals surface area contributed by atoms with Crippen LogP contribution in [0.1, 0.15) is 49.6 Å². The monoisotopic (exact) mass is 521 g/mol. The van der Waals surface area contributed by atoms with E-state index in [1.54, 1.807) is 0 Å². The molecule has 1 saturated heterocycles. The summed E-state index contributed by atoms with van der Waals surface area (Å²) in [5.74, 6) is 0.00882. The van der Waals surface area contributed by atoms with Crippen molar-refractivity contribution in [2.24, 2.45) is 0 Å². The first-order chi connectivity index (χ1) is 17.1. The molecule has 2 aromatic carbocycles. The number of hydrogen-bond acceptors (Lipinski definition) is 5. The van der Waals surface area contributed by atoms with Crippen molar-refractivity contribution in [1.29, 1.82) is 0 Å². The Labute approximate surface area is 221 Å². The molecule has 2 aliphatic rings. The van der Waals surface area contributed by atoms with E-state index in [9.17, 15) is 4.79 Å². The zero-order valence-electron chi connectivity index (χ0n) is 20.8. The topological polar surface area (TPSA) is 56.8 Å². The van der Waals surface area contributed by atoms with Crippen LogP contribution in [-0.4, -0.2) is 37.6 Å². The minimum Gasteiger partial charge on any atom is -0.449 e. The molecule has 1 aliphatic heterocycles. The fourth-order valence-corrected chi connectivity index (χ4v) is 5.65. The summed E-state index contributed by atoms with van der Waals surface area (Å²) in [5.41, 5.74) is 4.56. The van der Waals surface area contributed by atoms with Crippen molar-refractivity contribution >= 4 is 42.2 Å². The van der Waals surface area contributed by atoms with Crippen LogP contribution in [0.2, 0.25) is 4.34 Å². The molecule has 0 unspecified atom stereocenters. The average Bonchev–Trinajstić information content (AvgIpc) is 3.46. The van der Waals surface area contributed by atoms with E-state index >= 15 is 0 Å². The molecule has 0 radical (unpaired) electrons. The van der Waals surface area contributed by atoms with E-state index in [0.29, 0.717) is 4.34 Å². The molecule has 0 bridgehead atoms. The van der Waals surface area contributed by atoms with Crippen molar-refractivity contribution in [3.05, 3.63) is 86.5 Å². The Balaban J connectivity index is 1.28. The van der Waals surface area contributed by atoms with Crippen molar-refractivity contribution in [1.82, 2.24) is 5.32 Å². The Hall–Kier alpha value is -2.58. The molecule has 8 heteroatoms. The number of alkyl carbamates (subject to hydrolysis) is 1. The molecule has 3 aromatic rings. The Morgan fingerprint density at radius 2 is 1.58 bits per heavy atom. The smallest absolute Gasteiger partial charge is 0.449 e. The van der Waals surface area contributed by atoms with Gasteiger partial charge in [-0.25, -0.2) is 4.79 Å². The molecule has 0 atom stereocenters. The van der Waals surface area contributed by atoms with Gasteiger partial charge < -0.3 is 19.4 Å². The molecule has 1 aromatic heterocycles. The highest BCUT2D eigenvalue weighted by Crippen LogP contribution is 2.44. The predicted octanol–water partition coefficient (Wildman–Crippen LogP) is 6.96. The zero-order valence-corrected chi connectivity index (χ0v) is 22.4. The highest BCUT2D eigenvalue weighted by atomic mass is 35.5. The minimum absolute atomic E-state index is 0.00882. The zero-order chi connectivity index (χ0) is 25.5. The first-order valence-corrected chi connectivity index (χ1v) is 13.2. The van der Waals surface area contributed by atoms with Crippen LogP contribution in [0.5, 0.6) is 0 Å². The summed E-state index contributed by atoms with van der Waals surface area (Å²) < 4.78 is 18.9. The number of carbonyl (C=O) groups is 1. The molecule has 36 heavy (non-hydrogen) atoms. The summed E-state index contributed by atoms with van der Waals surface area (Å²) in [6.07, 6.45) is 1.48. The van der Waals surface area contributed by atoms with Crippen LogP contribution >= 0.6 is 22.9 Å². The first-order valence-electron chi connectivity index (χ1n) is 12.0. The quantitative estimate of drug-likeness (QED) is 0.356. The molecule has 0 saturated carbocycles. The number of halogens is 1. The molecule has 5 rings (SSSR count). The Morgan fingerprint density at radius 1 is 1.00 bits per heavy atom. The van der Waals surface area contributed by atoms with Gasteiger partial charge >= 0.3 is 13.2 Å². The van der Waals surface area contributed by atoms with E-state index in [-0.39, 0.29) is 19.1 Å². The lowest BCUT2D eigenvalue weighted by atomic mass is 9.77. The van der Waals surface area contributed by atoms with Crippen LogP contribution in [0.4, 0.5) is 4.79 Å². The predicted molar refractivity (Wildman–Crippen MR) is 146 cm³/mol. The van der Waals surface area contributed by atoms with E-state index in [0.717, 1.165) is 10.3 Å². The summed E-state index contributed by atoms with van der Waals surface area (Å²) in [6.45, 7) is 8.51. The van der Waals surface area contributed by atoms with Crippen LogP contribution < -0.4 is 5.32 Å². The number of hydrogen-bond donors (Lipinski definition) is 1. The summed E-state index contributed by atoms with van der Waals surface area (Å²) >= 11 is 7.59. The number of ether oxygens (including phenoxy) is 1. The molecule has 5 nitrogen and oxygen atoms in total. The number of thiophene rings is 1. The molecule has 1 aliphatic carbocycles. The highest BCUT2D eigenvalue weighted by Gasteiger charge is 2.52. The fourth-order valence-electron chi connectivity index (χ4n) is 4.61. The van der Waals surface area contributed by atoms with Crippen LogP contribution in [0.15, 0.2) is 66.1 Å². The number of amides is 1. The standard InChI is InChI=1S/C28H29BClNO4S/c1-27(2)28(3,4)35-29(34-27)18(15-19-13-14-25(30)36-19)16-31-26(32)33-17-24-22-11-7-5-9-20(22)21-10-6-8-12-23(21)24/h5-15,24H,16-17H2,1-4H3,(H,31,32). The number of benzene rings is 2. The second-order valence-electron chi connectivity index (χ2n) is 10.1. The van der Waals surface area contributed by atoms with E-state index in [4.69, 9.17) is 25.6 Å². The largest absolute Gasteiger partial charge is 0.492 e. The average molecular weight is 522 g/mol. The Bertz CT molecular complexity index is 1260.